The molecular weight excluding hydrogens is 392 g/mol. The number of hydrogen-bond donors (Lipinski definition) is 3. The predicted molar refractivity (Wildman–Crippen MR) is 123 cm³/mol. The molecule has 0 aliphatic carbocycles. The Hall–Kier alpha value is -2.08. The Morgan fingerprint density at radius 3 is 2.29 bits per heavy atom. The molecule has 3 N–H and O–H groups in total. The van der Waals surface area contributed by atoms with E-state index in [9.17, 15) is 15.3 Å². The molecule has 0 saturated carbocycles. The molecule has 0 aliphatic rings. The van der Waals surface area contributed by atoms with Gasteiger partial charge in [-0.3, -0.25) is 0 Å². The van der Waals surface area contributed by atoms with Gasteiger partial charge in [-0.1, -0.05) is 45.4 Å². The Balaban J connectivity index is 2.05. The molecule has 172 valence electrons. The zero-order valence-corrected chi connectivity index (χ0v) is 19.1. The maximum atomic E-state index is 10.4. The van der Waals surface area contributed by atoms with Crippen LogP contribution in [0.3, 0.4) is 0 Å². The Labute approximate surface area is 186 Å². The maximum absolute atomic E-state index is 10.4. The smallest absolute Gasteiger partial charge is 0.124 e. The zero-order chi connectivity index (χ0) is 22.7. The zero-order valence-electron chi connectivity index (χ0n) is 19.1. The molecule has 31 heavy (non-hydrogen) atoms. The molecule has 5 heteroatoms. The van der Waals surface area contributed by atoms with Crippen LogP contribution in [0.15, 0.2) is 42.5 Å². The second-order valence-corrected chi connectivity index (χ2v) is 8.10. The molecule has 0 amide bonds. The molecule has 2 aromatic rings. The summed E-state index contributed by atoms with van der Waals surface area (Å²) in [6, 6.07) is 13.4. The fourth-order valence-corrected chi connectivity index (χ4v) is 3.70. The maximum Gasteiger partial charge on any atom is 0.124 e. The van der Waals surface area contributed by atoms with Crippen LogP contribution in [0.1, 0.15) is 82.1 Å². The summed E-state index contributed by atoms with van der Waals surface area (Å²) >= 11 is 0. The van der Waals surface area contributed by atoms with Crippen LogP contribution < -0.4 is 9.47 Å². The van der Waals surface area contributed by atoms with Gasteiger partial charge in [-0.25, -0.2) is 0 Å². The van der Waals surface area contributed by atoms with Gasteiger partial charge in [0.25, 0.3) is 0 Å². The molecule has 0 fully saturated rings. The first-order chi connectivity index (χ1) is 15.0. The molecule has 0 aromatic heterocycles. The van der Waals surface area contributed by atoms with E-state index in [1.807, 2.05) is 44.2 Å². The average Bonchev–Trinajstić information content (AvgIpc) is 2.81. The molecule has 2 rings (SSSR count). The van der Waals surface area contributed by atoms with E-state index in [4.69, 9.17) is 9.47 Å². The SMILES string of the molecule is CCCC(Oc1ccc(CO)c(CO)c1)c1cccc(OCCCC(O)(CC)CC)c1. The highest BCUT2D eigenvalue weighted by Gasteiger charge is 2.21. The lowest BCUT2D eigenvalue weighted by Gasteiger charge is -2.25. The van der Waals surface area contributed by atoms with E-state index in [-0.39, 0.29) is 19.3 Å². The second-order valence-electron chi connectivity index (χ2n) is 8.10. The lowest BCUT2D eigenvalue weighted by Crippen LogP contribution is -2.26. The van der Waals surface area contributed by atoms with Crippen molar-refractivity contribution in [2.45, 2.75) is 84.2 Å². The first-order valence-corrected chi connectivity index (χ1v) is 11.4. The summed E-state index contributed by atoms with van der Waals surface area (Å²) in [7, 11) is 0. The van der Waals surface area contributed by atoms with Crippen molar-refractivity contribution in [3.05, 3.63) is 59.2 Å². The van der Waals surface area contributed by atoms with Crippen LogP contribution >= 0.6 is 0 Å². The van der Waals surface area contributed by atoms with Gasteiger partial charge in [-0.05, 0) is 73.1 Å². The normalized spacial score (nSPS) is 12.6. The highest BCUT2D eigenvalue weighted by molar-refractivity contribution is 5.36. The van der Waals surface area contributed by atoms with E-state index in [0.29, 0.717) is 23.5 Å². The lowest BCUT2D eigenvalue weighted by molar-refractivity contribution is 0.0185. The molecular formula is C26H38O5. The Morgan fingerprint density at radius 2 is 1.65 bits per heavy atom. The van der Waals surface area contributed by atoms with Crippen LogP contribution in [0.5, 0.6) is 11.5 Å². The number of aliphatic hydroxyl groups is 3. The van der Waals surface area contributed by atoms with Crippen LogP contribution in [0.25, 0.3) is 0 Å². The lowest BCUT2D eigenvalue weighted by atomic mass is 9.92. The van der Waals surface area contributed by atoms with Crippen molar-refractivity contribution in [2.24, 2.45) is 0 Å². The van der Waals surface area contributed by atoms with Crippen molar-refractivity contribution < 1.29 is 24.8 Å². The van der Waals surface area contributed by atoms with Crippen LogP contribution in [0.2, 0.25) is 0 Å². The average molecular weight is 431 g/mol. The van der Waals surface area contributed by atoms with E-state index >= 15 is 0 Å². The van der Waals surface area contributed by atoms with E-state index in [2.05, 4.69) is 6.92 Å². The summed E-state index contributed by atoms with van der Waals surface area (Å²) in [5.74, 6) is 1.47. The molecule has 0 aliphatic heterocycles. The van der Waals surface area contributed by atoms with Crippen LogP contribution in [-0.4, -0.2) is 27.5 Å². The minimum atomic E-state index is -0.593. The summed E-state index contributed by atoms with van der Waals surface area (Å²) in [6.07, 6.45) is 4.73. The standard InChI is InChI=1S/C26H38O5/c1-4-9-25(31-24-13-12-21(18-27)22(17-24)19-28)20-10-7-11-23(16-20)30-15-8-14-26(29,5-2)6-3/h7,10-13,16-17,25,27-29H,4-6,8-9,14-15,18-19H2,1-3H3. The highest BCUT2D eigenvalue weighted by atomic mass is 16.5. The van der Waals surface area contributed by atoms with Crippen molar-refractivity contribution in [1.29, 1.82) is 0 Å². The van der Waals surface area contributed by atoms with Crippen LogP contribution in [-0.2, 0) is 13.2 Å². The van der Waals surface area contributed by atoms with Crippen molar-refractivity contribution in [3.63, 3.8) is 0 Å². The van der Waals surface area contributed by atoms with Crippen LogP contribution in [0.4, 0.5) is 0 Å². The topological polar surface area (TPSA) is 79.2 Å². The molecule has 2 aromatic carbocycles. The van der Waals surface area contributed by atoms with Gasteiger partial charge in [0, 0.05) is 0 Å². The number of aliphatic hydroxyl groups excluding tert-OH is 2. The minimum absolute atomic E-state index is 0.109. The molecule has 5 nitrogen and oxygen atoms in total. The molecule has 0 bridgehead atoms. The third kappa shape index (κ3) is 7.53. The monoisotopic (exact) mass is 430 g/mol. The number of rotatable bonds is 14. The Bertz CT molecular complexity index is 785. The summed E-state index contributed by atoms with van der Waals surface area (Å²) in [5.41, 5.74) is 1.82. The van der Waals surface area contributed by atoms with Gasteiger partial charge in [-0.15, -0.1) is 0 Å². The Morgan fingerprint density at radius 1 is 0.903 bits per heavy atom. The number of benzene rings is 2. The van der Waals surface area contributed by atoms with Crippen molar-refractivity contribution in [3.8, 4) is 11.5 Å². The van der Waals surface area contributed by atoms with Gasteiger partial charge in [0.2, 0.25) is 0 Å². The summed E-state index contributed by atoms with van der Waals surface area (Å²) < 4.78 is 12.2. The van der Waals surface area contributed by atoms with Gasteiger partial charge in [-0.2, -0.15) is 0 Å². The van der Waals surface area contributed by atoms with Gasteiger partial charge in [0.1, 0.15) is 17.6 Å². The number of hydrogen-bond acceptors (Lipinski definition) is 5. The van der Waals surface area contributed by atoms with E-state index in [1.54, 1.807) is 12.1 Å². The first kappa shape index (κ1) is 25.2. The summed E-state index contributed by atoms with van der Waals surface area (Å²) in [4.78, 5) is 0. The van der Waals surface area contributed by atoms with Gasteiger partial charge >= 0.3 is 0 Å². The van der Waals surface area contributed by atoms with Crippen LogP contribution in [0, 0.1) is 0 Å². The van der Waals surface area contributed by atoms with Crippen molar-refractivity contribution in [2.75, 3.05) is 6.61 Å². The third-order valence-corrected chi connectivity index (χ3v) is 5.95. The molecule has 0 radical (unpaired) electrons. The fraction of sp³-hybridized carbons (Fsp3) is 0.538. The predicted octanol–water partition coefficient (Wildman–Crippen LogP) is 5.30. The van der Waals surface area contributed by atoms with E-state index in [1.165, 1.54) is 0 Å². The fourth-order valence-electron chi connectivity index (χ4n) is 3.70. The van der Waals surface area contributed by atoms with Gasteiger partial charge in [0.15, 0.2) is 0 Å². The Kier molecular flexibility index (Phi) is 10.3. The van der Waals surface area contributed by atoms with Crippen molar-refractivity contribution >= 4 is 0 Å². The quantitative estimate of drug-likeness (QED) is 0.354. The first-order valence-electron chi connectivity index (χ1n) is 11.4. The van der Waals surface area contributed by atoms with Gasteiger partial charge < -0.3 is 24.8 Å². The third-order valence-electron chi connectivity index (χ3n) is 5.95. The minimum Gasteiger partial charge on any atom is -0.494 e. The molecule has 1 atom stereocenters. The second kappa shape index (κ2) is 12.7. The number of ether oxygens (including phenoxy) is 2. The summed E-state index contributed by atoms with van der Waals surface area (Å²) in [6.45, 7) is 6.47. The van der Waals surface area contributed by atoms with E-state index in [0.717, 1.165) is 49.8 Å². The molecule has 0 saturated heterocycles. The van der Waals surface area contributed by atoms with Crippen molar-refractivity contribution in [1.82, 2.24) is 0 Å². The largest absolute Gasteiger partial charge is 0.494 e. The molecule has 0 spiro atoms. The molecule has 1 unspecified atom stereocenters. The van der Waals surface area contributed by atoms with Gasteiger partial charge in [0.05, 0.1) is 25.4 Å². The molecule has 0 heterocycles. The summed E-state index contributed by atoms with van der Waals surface area (Å²) in [5, 5.41) is 29.4. The highest BCUT2D eigenvalue weighted by Crippen LogP contribution is 2.30. The van der Waals surface area contributed by atoms with E-state index < -0.39 is 5.60 Å².